The summed E-state index contributed by atoms with van der Waals surface area (Å²) >= 11 is 0. The van der Waals surface area contributed by atoms with Crippen LogP contribution in [0.2, 0.25) is 25.7 Å². The minimum absolute atomic E-state index is 0.436. The van der Waals surface area contributed by atoms with Crippen LogP contribution in [0.4, 0.5) is 17.1 Å². The first kappa shape index (κ1) is 23.8. The highest BCUT2D eigenvalue weighted by molar-refractivity contribution is 6.76. The van der Waals surface area contributed by atoms with Crippen molar-refractivity contribution < 1.29 is 4.74 Å². The zero-order chi connectivity index (χ0) is 24.1. The number of nitrogen functional groups attached to an aromatic ring is 1. The van der Waals surface area contributed by atoms with Crippen molar-refractivity contribution in [2.24, 2.45) is 0 Å². The molecule has 0 aliphatic rings. The van der Waals surface area contributed by atoms with Gasteiger partial charge in [0.25, 0.3) is 0 Å². The number of nitrogens with two attached hydrogens (primary N) is 1. The Balaban J connectivity index is 1.66. The van der Waals surface area contributed by atoms with E-state index in [0.717, 1.165) is 51.9 Å². The highest BCUT2D eigenvalue weighted by Crippen LogP contribution is 2.30. The molecule has 4 rings (SSSR count). The van der Waals surface area contributed by atoms with Crippen molar-refractivity contribution in [2.75, 3.05) is 24.3 Å². The van der Waals surface area contributed by atoms with Crippen LogP contribution in [0, 0.1) is 0 Å². The third kappa shape index (κ3) is 5.95. The van der Waals surface area contributed by atoms with Crippen LogP contribution in [-0.2, 0) is 11.5 Å². The molecular weight excluding hydrogens is 436 g/mol. The van der Waals surface area contributed by atoms with E-state index in [4.69, 9.17) is 15.6 Å². The molecule has 3 aromatic carbocycles. The van der Waals surface area contributed by atoms with E-state index in [9.17, 15) is 0 Å². The quantitative estimate of drug-likeness (QED) is 0.165. The summed E-state index contributed by atoms with van der Waals surface area (Å²) in [6.07, 6.45) is 4.18. The first-order chi connectivity index (χ1) is 16.3. The molecule has 0 saturated carbocycles. The maximum atomic E-state index is 6.06. The molecule has 1 heterocycles. The first-order valence-electron chi connectivity index (χ1n) is 11.7. The number of fused-ring (bicyclic) bond motifs is 1. The maximum Gasteiger partial charge on any atom is 0.140 e. The molecule has 5 nitrogen and oxygen atoms in total. The van der Waals surface area contributed by atoms with Gasteiger partial charge in [0.1, 0.15) is 6.73 Å². The molecule has 0 aliphatic carbocycles. The minimum atomic E-state index is -1.14. The molecule has 0 fully saturated rings. The highest BCUT2D eigenvalue weighted by Gasteiger charge is 2.14. The molecule has 0 bridgehead atoms. The van der Waals surface area contributed by atoms with Crippen molar-refractivity contribution in [1.82, 2.24) is 9.78 Å². The summed E-state index contributed by atoms with van der Waals surface area (Å²) in [4.78, 5) is 2.14. The number of ether oxygens (including phenoxy) is 1. The molecule has 0 spiro atoms. The van der Waals surface area contributed by atoms with Crippen LogP contribution in [0.25, 0.3) is 23.1 Å². The van der Waals surface area contributed by atoms with Crippen molar-refractivity contribution in [3.8, 4) is 0 Å². The van der Waals surface area contributed by atoms with Gasteiger partial charge in [-0.3, -0.25) is 0 Å². The normalized spacial score (nSPS) is 12.0. The van der Waals surface area contributed by atoms with E-state index in [2.05, 4.69) is 80.1 Å². The zero-order valence-electron chi connectivity index (χ0n) is 20.5. The lowest BCUT2D eigenvalue weighted by Gasteiger charge is -2.20. The summed E-state index contributed by atoms with van der Waals surface area (Å²) in [6.45, 7) is 8.29. The number of benzene rings is 3. The molecule has 34 heavy (non-hydrogen) atoms. The Morgan fingerprint density at radius 2 is 1.71 bits per heavy atom. The topological polar surface area (TPSA) is 56.3 Å². The largest absolute Gasteiger partial charge is 0.399 e. The second-order valence-electron chi connectivity index (χ2n) is 9.83. The van der Waals surface area contributed by atoms with E-state index in [1.54, 1.807) is 0 Å². The monoisotopic (exact) mass is 470 g/mol. The summed E-state index contributed by atoms with van der Waals surface area (Å²) < 4.78 is 8.03. The van der Waals surface area contributed by atoms with E-state index >= 15 is 0 Å². The van der Waals surface area contributed by atoms with E-state index in [0.29, 0.717) is 6.73 Å². The fourth-order valence-electron chi connectivity index (χ4n) is 3.77. The van der Waals surface area contributed by atoms with E-state index in [-0.39, 0.29) is 0 Å². The molecule has 0 radical (unpaired) electrons. The Morgan fingerprint density at radius 1 is 0.941 bits per heavy atom. The van der Waals surface area contributed by atoms with Gasteiger partial charge in [0.15, 0.2) is 0 Å². The van der Waals surface area contributed by atoms with E-state index in [1.165, 1.54) is 0 Å². The Kier molecular flexibility index (Phi) is 7.19. The smallest absolute Gasteiger partial charge is 0.140 e. The van der Waals surface area contributed by atoms with Crippen molar-refractivity contribution in [1.29, 1.82) is 0 Å². The van der Waals surface area contributed by atoms with Gasteiger partial charge in [0, 0.05) is 44.2 Å². The van der Waals surface area contributed by atoms with Crippen LogP contribution >= 0.6 is 0 Å². The van der Waals surface area contributed by atoms with Crippen molar-refractivity contribution in [2.45, 2.75) is 32.4 Å². The van der Waals surface area contributed by atoms with Crippen LogP contribution < -0.4 is 10.6 Å². The van der Waals surface area contributed by atoms with Gasteiger partial charge in [0.05, 0.1) is 11.2 Å². The predicted molar refractivity (Wildman–Crippen MR) is 148 cm³/mol. The Hall–Kier alpha value is -3.35. The first-order valence-corrected chi connectivity index (χ1v) is 15.4. The second kappa shape index (κ2) is 10.3. The molecule has 0 amide bonds. The summed E-state index contributed by atoms with van der Waals surface area (Å²) in [5.41, 5.74) is 12.0. The molecule has 4 aromatic rings. The molecule has 0 aliphatic heterocycles. The van der Waals surface area contributed by atoms with Crippen molar-refractivity contribution in [3.63, 3.8) is 0 Å². The lowest BCUT2D eigenvalue weighted by atomic mass is 10.1. The number of rotatable bonds is 9. The molecular formula is C28H34N4OSi. The molecule has 0 atom stereocenters. The van der Waals surface area contributed by atoms with Crippen molar-refractivity contribution >= 4 is 48.2 Å². The summed E-state index contributed by atoms with van der Waals surface area (Å²) in [5.74, 6) is 0. The number of aromatic nitrogens is 2. The summed E-state index contributed by atoms with van der Waals surface area (Å²) in [6, 6.07) is 25.8. The van der Waals surface area contributed by atoms with Crippen LogP contribution in [-0.4, -0.2) is 31.5 Å². The van der Waals surface area contributed by atoms with Crippen LogP contribution in [0.1, 0.15) is 11.3 Å². The van der Waals surface area contributed by atoms with Gasteiger partial charge >= 0.3 is 0 Å². The van der Waals surface area contributed by atoms with Gasteiger partial charge in [-0.2, -0.15) is 5.10 Å². The number of anilines is 3. The van der Waals surface area contributed by atoms with Gasteiger partial charge in [-0.15, -0.1) is 0 Å². The van der Waals surface area contributed by atoms with Crippen LogP contribution in [0.5, 0.6) is 0 Å². The summed E-state index contributed by atoms with van der Waals surface area (Å²) in [5, 5.41) is 6.01. The highest BCUT2D eigenvalue weighted by atomic mass is 28.3. The SMILES string of the molecule is CN(c1cccc(N)c1)c1ccc2c(C=Cc3ccccc3)nn(COCC[Si](C)(C)C)c2c1. The summed E-state index contributed by atoms with van der Waals surface area (Å²) in [7, 11) is 0.910. The third-order valence-electron chi connectivity index (χ3n) is 5.85. The third-order valence-corrected chi connectivity index (χ3v) is 7.56. The Labute approximate surface area is 203 Å². The zero-order valence-corrected chi connectivity index (χ0v) is 21.5. The van der Waals surface area contributed by atoms with E-state index in [1.807, 2.05) is 41.1 Å². The average Bonchev–Trinajstić information content (AvgIpc) is 3.17. The lowest BCUT2D eigenvalue weighted by molar-refractivity contribution is 0.0816. The average molecular weight is 471 g/mol. The molecule has 176 valence electrons. The lowest BCUT2D eigenvalue weighted by Crippen LogP contribution is -2.22. The molecule has 1 aromatic heterocycles. The second-order valence-corrected chi connectivity index (χ2v) is 15.5. The maximum absolute atomic E-state index is 6.06. The van der Waals surface area contributed by atoms with Crippen molar-refractivity contribution in [3.05, 3.63) is 84.1 Å². The van der Waals surface area contributed by atoms with Gasteiger partial charge in [-0.25, -0.2) is 4.68 Å². The minimum Gasteiger partial charge on any atom is -0.399 e. The van der Waals surface area contributed by atoms with E-state index < -0.39 is 8.07 Å². The number of hydrogen-bond acceptors (Lipinski definition) is 4. The van der Waals surface area contributed by atoms with Crippen LogP contribution in [0.15, 0.2) is 72.8 Å². The molecule has 6 heteroatoms. The number of hydrogen-bond donors (Lipinski definition) is 1. The Bertz CT molecular complexity index is 1270. The molecule has 2 N–H and O–H groups in total. The number of nitrogens with zero attached hydrogens (tertiary/aromatic N) is 3. The van der Waals surface area contributed by atoms with Gasteiger partial charge in [-0.1, -0.05) is 62.1 Å². The fourth-order valence-corrected chi connectivity index (χ4v) is 4.53. The fraction of sp³-hybridized carbons (Fsp3) is 0.250. The standard InChI is InChI=1S/C28H34N4OSi/c1-31(24-12-8-11-23(29)19-24)25-14-15-26-27(16-13-22-9-6-5-7-10-22)30-32(28(26)20-25)21-33-17-18-34(2,3)4/h5-16,19-20H,17-18,21,29H2,1-4H3. The van der Waals surface area contributed by atoms with Gasteiger partial charge < -0.3 is 15.4 Å². The molecule has 0 saturated heterocycles. The predicted octanol–water partition coefficient (Wildman–Crippen LogP) is 6.87. The van der Waals surface area contributed by atoms with Crippen LogP contribution in [0.3, 0.4) is 0 Å². The Morgan fingerprint density at radius 3 is 2.44 bits per heavy atom. The van der Waals surface area contributed by atoms with Gasteiger partial charge in [0.2, 0.25) is 0 Å². The molecule has 0 unspecified atom stereocenters. The van der Waals surface area contributed by atoms with Gasteiger partial charge in [-0.05, 0) is 54.1 Å².